The molecule has 3 fully saturated rings. The first-order valence-corrected chi connectivity index (χ1v) is 12.0. The monoisotopic (exact) mass is 386 g/mol. The van der Waals surface area contributed by atoms with E-state index < -0.39 is 6.10 Å². The lowest BCUT2D eigenvalue weighted by Gasteiger charge is -2.53. The van der Waals surface area contributed by atoms with Crippen molar-refractivity contribution in [2.45, 2.75) is 103 Å². The van der Waals surface area contributed by atoms with Crippen molar-refractivity contribution < 1.29 is 14.3 Å². The molecule has 4 aliphatic carbocycles. The van der Waals surface area contributed by atoms with Gasteiger partial charge in [0.05, 0.1) is 0 Å². The second-order valence-electron chi connectivity index (χ2n) is 10.3. The minimum Gasteiger partial charge on any atom is -0.454 e. The number of hydrogen-bond acceptors (Lipinski definition) is 3. The molecule has 156 valence electrons. The van der Waals surface area contributed by atoms with Crippen LogP contribution in [0.15, 0.2) is 11.6 Å². The lowest BCUT2D eigenvalue weighted by molar-refractivity contribution is -0.156. The lowest BCUT2D eigenvalue weighted by Crippen LogP contribution is -2.46. The van der Waals surface area contributed by atoms with Crippen LogP contribution in [-0.2, 0) is 14.3 Å². The number of fused-ring (bicyclic) bond motifs is 5. The second kappa shape index (κ2) is 8.32. The standard InChI is InChI=1S/C25H38O3/c1-3-4-5-6-9-24(27)28-23-16-20-17(15-22(23)26)10-11-19-18(20)12-14-25(2)13-7-8-21(19)25/h15,18-21,23H,3-14,16H2,1-2H3/t18-,19+,20-,21-,23?,25-/m0/s1. The van der Waals surface area contributed by atoms with Crippen LogP contribution in [0.4, 0.5) is 0 Å². The maximum absolute atomic E-state index is 12.6. The molecule has 3 nitrogen and oxygen atoms in total. The highest BCUT2D eigenvalue weighted by Gasteiger charge is 2.53. The number of unbranched alkanes of at least 4 members (excludes halogenated alkanes) is 3. The Kier molecular flexibility index (Phi) is 5.99. The number of rotatable bonds is 6. The highest BCUT2D eigenvalue weighted by atomic mass is 16.5. The van der Waals surface area contributed by atoms with Gasteiger partial charge >= 0.3 is 5.97 Å². The molecule has 3 heteroatoms. The molecule has 0 heterocycles. The van der Waals surface area contributed by atoms with Gasteiger partial charge in [-0.3, -0.25) is 9.59 Å². The fraction of sp³-hybridized carbons (Fsp3) is 0.840. The number of hydrogen-bond donors (Lipinski definition) is 0. The van der Waals surface area contributed by atoms with Crippen LogP contribution < -0.4 is 0 Å². The first-order chi connectivity index (χ1) is 13.5. The summed E-state index contributed by atoms with van der Waals surface area (Å²) in [5.74, 6) is 2.74. The first-order valence-electron chi connectivity index (χ1n) is 12.0. The number of ketones is 1. The highest BCUT2D eigenvalue weighted by Crippen LogP contribution is 2.61. The number of ether oxygens (including phenoxy) is 1. The van der Waals surface area contributed by atoms with Crippen molar-refractivity contribution in [2.24, 2.45) is 29.1 Å². The Morgan fingerprint density at radius 2 is 2.00 bits per heavy atom. The van der Waals surface area contributed by atoms with Gasteiger partial charge in [-0.2, -0.15) is 0 Å². The van der Waals surface area contributed by atoms with Gasteiger partial charge in [-0.25, -0.2) is 0 Å². The molecule has 0 radical (unpaired) electrons. The summed E-state index contributed by atoms with van der Waals surface area (Å²) in [5, 5.41) is 0. The van der Waals surface area contributed by atoms with E-state index in [1.54, 1.807) is 0 Å². The molecule has 3 saturated carbocycles. The van der Waals surface area contributed by atoms with Crippen LogP contribution >= 0.6 is 0 Å². The number of esters is 1. The quantitative estimate of drug-likeness (QED) is 0.415. The van der Waals surface area contributed by atoms with Crippen molar-refractivity contribution >= 4 is 11.8 Å². The molecule has 0 saturated heterocycles. The van der Waals surface area contributed by atoms with Crippen molar-refractivity contribution in [3.05, 3.63) is 11.6 Å². The minimum absolute atomic E-state index is 0.0353. The Balaban J connectivity index is 1.40. The summed E-state index contributed by atoms with van der Waals surface area (Å²) in [4.78, 5) is 24.9. The number of carbonyl (C=O) groups is 2. The zero-order valence-corrected chi connectivity index (χ0v) is 17.9. The van der Waals surface area contributed by atoms with E-state index in [-0.39, 0.29) is 11.8 Å². The van der Waals surface area contributed by atoms with E-state index in [0.29, 0.717) is 23.7 Å². The molecule has 6 atom stereocenters. The van der Waals surface area contributed by atoms with E-state index in [2.05, 4.69) is 13.8 Å². The molecule has 0 aromatic carbocycles. The van der Waals surface area contributed by atoms with E-state index in [1.165, 1.54) is 44.1 Å². The molecule has 0 spiro atoms. The third-order valence-corrected chi connectivity index (χ3v) is 8.65. The molecule has 0 aromatic heterocycles. The fourth-order valence-corrected chi connectivity index (χ4v) is 7.17. The van der Waals surface area contributed by atoms with Crippen LogP contribution in [0.25, 0.3) is 0 Å². The van der Waals surface area contributed by atoms with Crippen LogP contribution in [0.2, 0.25) is 0 Å². The van der Waals surface area contributed by atoms with Crippen LogP contribution in [0.1, 0.15) is 97.3 Å². The molecule has 28 heavy (non-hydrogen) atoms. The molecule has 4 rings (SSSR count). The average molecular weight is 387 g/mol. The van der Waals surface area contributed by atoms with Crippen LogP contribution in [-0.4, -0.2) is 17.9 Å². The van der Waals surface area contributed by atoms with Crippen molar-refractivity contribution in [1.82, 2.24) is 0 Å². The van der Waals surface area contributed by atoms with E-state index in [4.69, 9.17) is 4.74 Å². The predicted molar refractivity (Wildman–Crippen MR) is 111 cm³/mol. The van der Waals surface area contributed by atoms with Gasteiger partial charge in [0.1, 0.15) is 0 Å². The molecule has 0 aliphatic heterocycles. The van der Waals surface area contributed by atoms with Crippen LogP contribution in [0.3, 0.4) is 0 Å². The van der Waals surface area contributed by atoms with Crippen LogP contribution in [0, 0.1) is 29.1 Å². The van der Waals surface area contributed by atoms with Gasteiger partial charge in [-0.1, -0.05) is 45.1 Å². The molecule has 0 N–H and O–H groups in total. The zero-order chi connectivity index (χ0) is 19.7. The zero-order valence-electron chi connectivity index (χ0n) is 17.9. The number of allylic oxidation sites excluding steroid dienone is 1. The molecule has 1 unspecified atom stereocenters. The Morgan fingerprint density at radius 3 is 2.82 bits per heavy atom. The van der Waals surface area contributed by atoms with E-state index in [1.807, 2.05) is 6.08 Å². The highest BCUT2D eigenvalue weighted by molar-refractivity contribution is 5.96. The van der Waals surface area contributed by atoms with E-state index in [9.17, 15) is 9.59 Å². The average Bonchev–Trinajstić information content (AvgIpc) is 3.07. The van der Waals surface area contributed by atoms with Crippen molar-refractivity contribution in [3.63, 3.8) is 0 Å². The van der Waals surface area contributed by atoms with Gasteiger partial charge < -0.3 is 4.74 Å². The Hall–Kier alpha value is -1.12. The summed E-state index contributed by atoms with van der Waals surface area (Å²) >= 11 is 0. The van der Waals surface area contributed by atoms with E-state index >= 15 is 0 Å². The van der Waals surface area contributed by atoms with E-state index in [0.717, 1.165) is 50.4 Å². The first kappa shape index (κ1) is 20.2. The summed E-state index contributed by atoms with van der Waals surface area (Å²) in [6.07, 6.45) is 16.0. The third kappa shape index (κ3) is 3.83. The summed E-state index contributed by atoms with van der Waals surface area (Å²) in [6.45, 7) is 4.69. The molecular weight excluding hydrogens is 348 g/mol. The van der Waals surface area contributed by atoms with Gasteiger partial charge in [0.2, 0.25) is 0 Å². The summed E-state index contributed by atoms with van der Waals surface area (Å²) in [7, 11) is 0. The Labute approximate surface area is 170 Å². The molecule has 0 aromatic rings. The summed E-state index contributed by atoms with van der Waals surface area (Å²) in [5.41, 5.74) is 1.93. The maximum atomic E-state index is 12.6. The van der Waals surface area contributed by atoms with Gasteiger partial charge in [0.25, 0.3) is 0 Å². The predicted octanol–water partition coefficient (Wildman–Crippen LogP) is 6.01. The molecule has 4 aliphatic rings. The number of carbonyl (C=O) groups excluding carboxylic acids is 2. The van der Waals surface area contributed by atoms with Gasteiger partial charge in [-0.05, 0) is 86.5 Å². The smallest absolute Gasteiger partial charge is 0.306 e. The van der Waals surface area contributed by atoms with Crippen molar-refractivity contribution in [3.8, 4) is 0 Å². The maximum Gasteiger partial charge on any atom is 0.306 e. The largest absolute Gasteiger partial charge is 0.454 e. The molecular formula is C25H38O3. The van der Waals surface area contributed by atoms with Crippen molar-refractivity contribution in [2.75, 3.05) is 0 Å². The normalized spacial score (nSPS) is 39.6. The third-order valence-electron chi connectivity index (χ3n) is 8.65. The topological polar surface area (TPSA) is 43.4 Å². The van der Waals surface area contributed by atoms with Gasteiger partial charge in [0, 0.05) is 6.42 Å². The Bertz CT molecular complexity index is 636. The summed E-state index contributed by atoms with van der Waals surface area (Å²) in [6, 6.07) is 0. The lowest BCUT2D eigenvalue weighted by atomic mass is 9.52. The molecule has 0 bridgehead atoms. The second-order valence-corrected chi connectivity index (χ2v) is 10.3. The molecule has 0 amide bonds. The Morgan fingerprint density at radius 1 is 1.14 bits per heavy atom. The SMILES string of the molecule is CCCCCCC(=O)OC1C[C@H]2C(=CC1=O)CC[C@@H]1[C@@H]2CC[C@]2(C)CCC[C@@H]12. The minimum atomic E-state index is -0.525. The van der Waals surface area contributed by atoms with Crippen molar-refractivity contribution in [1.29, 1.82) is 0 Å². The van der Waals surface area contributed by atoms with Gasteiger partial charge in [-0.15, -0.1) is 0 Å². The summed E-state index contributed by atoms with van der Waals surface area (Å²) < 4.78 is 5.69. The fourth-order valence-electron chi connectivity index (χ4n) is 7.17. The van der Waals surface area contributed by atoms with Gasteiger partial charge in [0.15, 0.2) is 11.9 Å². The van der Waals surface area contributed by atoms with Crippen LogP contribution in [0.5, 0.6) is 0 Å².